The molecule has 0 radical (unpaired) electrons. The van der Waals surface area contributed by atoms with Crippen LogP contribution >= 0.6 is 0 Å². The van der Waals surface area contributed by atoms with Crippen LogP contribution in [0.2, 0.25) is 0 Å². The van der Waals surface area contributed by atoms with Crippen LogP contribution in [0.15, 0.2) is 35.2 Å². The fraction of sp³-hybridized carbons (Fsp3) is 0.841. The van der Waals surface area contributed by atoms with Crippen LogP contribution in [-0.2, 0) is 33.2 Å². The minimum atomic E-state index is -2.64. The molecule has 1 spiro atoms. The summed E-state index contributed by atoms with van der Waals surface area (Å²) in [5, 5.41) is 167. The maximum atomic E-state index is 14.2. The quantitative estimate of drug-likeness (QED) is 0.0280. The van der Waals surface area contributed by atoms with Crippen LogP contribution < -0.4 is 0 Å². The van der Waals surface area contributed by atoms with Crippen molar-refractivity contribution in [2.75, 3.05) is 26.4 Å². The number of esters is 1. The molecule has 2 aliphatic heterocycles. The van der Waals surface area contributed by atoms with E-state index in [1.807, 2.05) is 0 Å². The number of ether oxygens (including phenoxy) is 6. The summed E-state index contributed by atoms with van der Waals surface area (Å²) in [7, 11) is 0. The molecule has 0 aromatic heterocycles. The molecular formula is C44H70O23. The second-order valence-electron chi connectivity index (χ2n) is 19.7. The van der Waals surface area contributed by atoms with Crippen molar-refractivity contribution in [2.24, 2.45) is 28.1 Å². The van der Waals surface area contributed by atoms with Crippen LogP contribution in [0, 0.1) is 28.1 Å². The molecule has 4 saturated carbocycles. The predicted octanol–water partition coefficient (Wildman–Crippen LogP) is -3.07. The normalized spacial score (nSPS) is 43.4. The highest BCUT2D eigenvalue weighted by atomic mass is 16.7. The first-order chi connectivity index (χ1) is 31.5. The van der Waals surface area contributed by atoms with E-state index < -0.39 is 176 Å². The zero-order valence-electron chi connectivity index (χ0n) is 37.6. The average Bonchev–Trinajstić information content (AvgIpc) is 3.49. The van der Waals surface area contributed by atoms with E-state index in [1.54, 1.807) is 6.92 Å². The van der Waals surface area contributed by atoms with E-state index in [4.69, 9.17) is 28.4 Å². The highest BCUT2D eigenvalue weighted by Gasteiger charge is 2.69. The largest absolute Gasteiger partial charge is 0.506 e. The maximum absolute atomic E-state index is 14.2. The molecule has 4 aliphatic carbocycles. The molecule has 23 heteroatoms. The number of aliphatic hydroxyl groups is 16. The lowest BCUT2D eigenvalue weighted by Crippen LogP contribution is -2.62. The van der Waals surface area contributed by atoms with Crippen LogP contribution in [-0.4, -0.2) is 206 Å². The molecule has 2 saturated heterocycles. The first-order valence-corrected chi connectivity index (χ1v) is 22.8. The van der Waals surface area contributed by atoms with Crippen molar-refractivity contribution in [1.29, 1.82) is 0 Å². The second-order valence-corrected chi connectivity index (χ2v) is 19.7. The minimum absolute atomic E-state index is 0.0454. The molecule has 0 aromatic rings. The first-order valence-electron chi connectivity index (χ1n) is 22.8. The Morgan fingerprint density at radius 2 is 1.24 bits per heavy atom. The van der Waals surface area contributed by atoms with E-state index >= 15 is 0 Å². The standard InChI is InChI=1S/C44H70O23/c1-19-15-43-11-5-24-41(2,9-4-10-42(24,3)40(61)66-39-33(58)30(55)28(53)23(17-48)63-39)25(43)6-12-44(19,18-43)67-37(60)35(65-38-32(57)29(54)27(52)22(16-47)62-38)34(21(50)8-14-46)64-36(59)31(56)26(51)20(49)7-13-45/h20-25,27-30,32-33,36-39,45-60H,1,4-18H2,2-3H3/b31-26-,35-34-/t20?,21?,22?,23?,24?,25?,27?,28?,29?,30?,32?,33?,36?,37?,38?,39?,41-,42-,43-,44+/m1/s1. The van der Waals surface area contributed by atoms with Gasteiger partial charge in [-0.15, -0.1) is 0 Å². The first kappa shape index (κ1) is 53.6. The summed E-state index contributed by atoms with van der Waals surface area (Å²) in [6.45, 7) is 5.32. The minimum Gasteiger partial charge on any atom is -0.506 e. The van der Waals surface area contributed by atoms with E-state index in [2.05, 4.69) is 13.5 Å². The van der Waals surface area contributed by atoms with Crippen LogP contribution in [0.3, 0.4) is 0 Å². The van der Waals surface area contributed by atoms with Crippen LogP contribution in [0.1, 0.15) is 84.5 Å². The maximum Gasteiger partial charge on any atom is 0.314 e. The third-order valence-corrected chi connectivity index (χ3v) is 15.7. The van der Waals surface area contributed by atoms with Gasteiger partial charge in [-0.2, -0.15) is 0 Å². The van der Waals surface area contributed by atoms with Gasteiger partial charge in [-0.05, 0) is 86.5 Å². The Balaban J connectivity index is 1.30. The van der Waals surface area contributed by atoms with Gasteiger partial charge in [-0.1, -0.05) is 19.9 Å². The molecule has 2 heterocycles. The van der Waals surface area contributed by atoms with Crippen LogP contribution in [0.25, 0.3) is 0 Å². The second kappa shape index (κ2) is 20.9. The molecule has 0 aromatic carbocycles. The van der Waals surface area contributed by atoms with Gasteiger partial charge in [0.2, 0.25) is 24.6 Å². The highest BCUT2D eigenvalue weighted by molar-refractivity contribution is 5.77. The summed E-state index contributed by atoms with van der Waals surface area (Å²) >= 11 is 0. The fourth-order valence-electron chi connectivity index (χ4n) is 12.2. The molecule has 20 atom stereocenters. The summed E-state index contributed by atoms with van der Waals surface area (Å²) in [6, 6.07) is 0. The van der Waals surface area contributed by atoms with Crippen molar-refractivity contribution in [1.82, 2.24) is 0 Å². The number of carbonyl (C=O) groups excluding carboxylic acids is 1. The Kier molecular flexibility index (Phi) is 16.7. The van der Waals surface area contributed by atoms with E-state index in [-0.39, 0.29) is 24.7 Å². The Hall–Kier alpha value is -2.79. The Morgan fingerprint density at radius 3 is 1.81 bits per heavy atom. The highest BCUT2D eigenvalue weighted by Crippen LogP contribution is 2.73. The summed E-state index contributed by atoms with van der Waals surface area (Å²) in [5.41, 5.74) is -2.84. The predicted molar refractivity (Wildman–Crippen MR) is 223 cm³/mol. The Bertz CT molecular complexity index is 1810. The lowest BCUT2D eigenvalue weighted by Gasteiger charge is -2.64. The Morgan fingerprint density at radius 1 is 0.687 bits per heavy atom. The summed E-state index contributed by atoms with van der Waals surface area (Å²) < 4.78 is 34.6. The molecule has 6 aliphatic rings. The number of rotatable bonds is 18. The van der Waals surface area contributed by atoms with Gasteiger partial charge in [0.1, 0.15) is 61.0 Å². The van der Waals surface area contributed by atoms with Gasteiger partial charge in [-0.3, -0.25) is 4.79 Å². The molecule has 6 fully saturated rings. The van der Waals surface area contributed by atoms with Crippen molar-refractivity contribution in [2.45, 2.75) is 176 Å². The fourth-order valence-corrected chi connectivity index (χ4v) is 12.2. The van der Waals surface area contributed by atoms with Gasteiger partial charge in [0.15, 0.2) is 17.3 Å². The van der Waals surface area contributed by atoms with E-state index in [0.29, 0.717) is 44.1 Å². The van der Waals surface area contributed by atoms with Crippen molar-refractivity contribution >= 4 is 5.97 Å². The average molecular weight is 967 g/mol. The van der Waals surface area contributed by atoms with E-state index in [1.165, 1.54) is 0 Å². The molecule has 16 N–H and O–H groups in total. The van der Waals surface area contributed by atoms with Crippen LogP contribution in [0.4, 0.5) is 0 Å². The summed E-state index contributed by atoms with van der Waals surface area (Å²) in [5.74, 6) is -5.50. The smallest absolute Gasteiger partial charge is 0.314 e. The van der Waals surface area contributed by atoms with Gasteiger partial charge >= 0.3 is 5.97 Å². The monoisotopic (exact) mass is 966 g/mol. The molecule has 0 amide bonds. The van der Waals surface area contributed by atoms with Gasteiger partial charge in [-0.25, -0.2) is 0 Å². The SMILES string of the molecule is C=C1C[C@@]23CCC4[C@@](C)(CCC[C@@]4(C)C(=O)OC4OC(CO)C(O)C(O)C4O)C2CC[C@]1(OC(O)/C(OC1OC(CO)C(O)C(O)C1O)=C(/OC(O)/C(O)=C(/O)C(O)CCO)C(O)CCO)C3. The lowest BCUT2D eigenvalue weighted by molar-refractivity contribution is -0.303. The number of hydrogen-bond acceptors (Lipinski definition) is 23. The van der Waals surface area contributed by atoms with Gasteiger partial charge in [0.05, 0.1) is 24.2 Å². The topological polar surface area (TPSA) is 396 Å². The number of fused-ring (bicyclic) bond motifs is 3. The van der Waals surface area contributed by atoms with Crippen molar-refractivity contribution in [3.8, 4) is 0 Å². The molecular weight excluding hydrogens is 896 g/mol. The Labute approximate surface area is 386 Å². The van der Waals surface area contributed by atoms with E-state index in [0.717, 1.165) is 6.42 Å². The molecule has 23 nitrogen and oxygen atoms in total. The van der Waals surface area contributed by atoms with Gasteiger partial charge < -0.3 is 110 Å². The number of carbonyl (C=O) groups is 1. The van der Waals surface area contributed by atoms with Crippen molar-refractivity contribution in [3.05, 3.63) is 35.2 Å². The molecule has 6 rings (SSSR count). The van der Waals surface area contributed by atoms with Crippen molar-refractivity contribution < 1.29 is 115 Å². The van der Waals surface area contributed by atoms with Gasteiger partial charge in [0, 0.05) is 26.1 Å². The third kappa shape index (κ3) is 9.83. The molecule has 384 valence electrons. The number of hydrogen-bond donors (Lipinski definition) is 16. The van der Waals surface area contributed by atoms with E-state index in [9.17, 15) is 86.5 Å². The summed E-state index contributed by atoms with van der Waals surface area (Å²) in [6.07, 6.45) is -23.3. The summed E-state index contributed by atoms with van der Waals surface area (Å²) in [4.78, 5) is 14.2. The zero-order valence-corrected chi connectivity index (χ0v) is 37.6. The molecule has 2 bridgehead atoms. The van der Waals surface area contributed by atoms with Crippen LogP contribution in [0.5, 0.6) is 0 Å². The van der Waals surface area contributed by atoms with Gasteiger partial charge in [0.25, 0.3) is 6.29 Å². The molecule has 16 unspecified atom stereocenters. The third-order valence-electron chi connectivity index (χ3n) is 15.7. The number of aliphatic hydroxyl groups excluding tert-OH is 16. The lowest BCUT2D eigenvalue weighted by atomic mass is 9.41. The van der Waals surface area contributed by atoms with Crippen molar-refractivity contribution in [3.63, 3.8) is 0 Å². The zero-order chi connectivity index (χ0) is 49.6. The molecule has 67 heavy (non-hydrogen) atoms.